The first-order chi connectivity index (χ1) is 6.86. The van der Waals surface area contributed by atoms with Crippen LogP contribution in [0.25, 0.3) is 6.08 Å². The molecule has 1 aromatic rings. The Balaban J connectivity index is 2.53. The molecule has 2 heteroatoms. The van der Waals surface area contributed by atoms with Crippen LogP contribution in [0.4, 0.5) is 0 Å². The molecule has 0 saturated heterocycles. The lowest BCUT2D eigenvalue weighted by atomic mass is 10.2. The smallest absolute Gasteiger partial charge is 0.0719 e. The Morgan fingerprint density at radius 1 is 1.36 bits per heavy atom. The maximum Gasteiger partial charge on any atom is 0.0719 e. The van der Waals surface area contributed by atoms with Crippen molar-refractivity contribution in [1.29, 1.82) is 0 Å². The fourth-order valence-corrected chi connectivity index (χ4v) is 1.76. The van der Waals surface area contributed by atoms with Gasteiger partial charge in [0.05, 0.1) is 5.37 Å². The van der Waals surface area contributed by atoms with E-state index in [4.69, 9.17) is 0 Å². The van der Waals surface area contributed by atoms with Crippen molar-refractivity contribution in [3.63, 3.8) is 0 Å². The van der Waals surface area contributed by atoms with Gasteiger partial charge >= 0.3 is 0 Å². The maximum atomic E-state index is 3.38. The summed E-state index contributed by atoms with van der Waals surface area (Å²) < 4.78 is 0. The molecule has 1 rings (SSSR count). The van der Waals surface area contributed by atoms with Gasteiger partial charge in [0.1, 0.15) is 0 Å². The van der Waals surface area contributed by atoms with Crippen LogP contribution in [0.3, 0.4) is 0 Å². The summed E-state index contributed by atoms with van der Waals surface area (Å²) >= 11 is 1.82. The van der Waals surface area contributed by atoms with Gasteiger partial charge in [-0.2, -0.15) is 0 Å². The number of hydrogen-bond acceptors (Lipinski definition) is 2. The normalized spacial score (nSPS) is 13.3. The van der Waals surface area contributed by atoms with Crippen molar-refractivity contribution in [2.24, 2.45) is 0 Å². The van der Waals surface area contributed by atoms with Crippen LogP contribution < -0.4 is 5.32 Å². The second-order valence-electron chi connectivity index (χ2n) is 2.98. The van der Waals surface area contributed by atoms with E-state index in [1.807, 2.05) is 17.8 Å². The molecule has 0 aliphatic carbocycles. The molecule has 0 spiro atoms. The lowest BCUT2D eigenvalue weighted by molar-refractivity contribution is 0.764. The molecule has 0 fully saturated rings. The van der Waals surface area contributed by atoms with E-state index in [0.717, 1.165) is 6.54 Å². The minimum atomic E-state index is 0.417. The molecular formula is C12H17NS. The van der Waals surface area contributed by atoms with Crippen molar-refractivity contribution >= 4 is 17.8 Å². The van der Waals surface area contributed by atoms with E-state index in [9.17, 15) is 0 Å². The summed E-state index contributed by atoms with van der Waals surface area (Å²) in [6, 6.07) is 10.4. The first-order valence-corrected chi connectivity index (χ1v) is 6.15. The molecule has 0 aliphatic heterocycles. The van der Waals surface area contributed by atoms with Crippen molar-refractivity contribution in [1.82, 2.24) is 5.32 Å². The minimum Gasteiger partial charge on any atom is -0.302 e. The zero-order chi connectivity index (χ0) is 10.2. The second kappa shape index (κ2) is 6.68. The highest BCUT2D eigenvalue weighted by Gasteiger charge is 1.97. The van der Waals surface area contributed by atoms with Crippen LogP contribution >= 0.6 is 11.8 Å². The number of thioether (sulfide) groups is 1. The number of likely N-dealkylation sites (N-methyl/N-ethyl adjacent to an activating group) is 1. The zero-order valence-corrected chi connectivity index (χ0v) is 9.55. The van der Waals surface area contributed by atoms with Crippen molar-refractivity contribution in [3.8, 4) is 0 Å². The topological polar surface area (TPSA) is 12.0 Å². The van der Waals surface area contributed by atoms with Crippen molar-refractivity contribution in [2.75, 3.05) is 12.8 Å². The van der Waals surface area contributed by atoms with E-state index in [1.54, 1.807) is 0 Å². The molecule has 0 radical (unpaired) electrons. The predicted molar refractivity (Wildman–Crippen MR) is 66.5 cm³/mol. The van der Waals surface area contributed by atoms with Gasteiger partial charge in [0.2, 0.25) is 0 Å². The summed E-state index contributed by atoms with van der Waals surface area (Å²) in [7, 11) is 0. The van der Waals surface area contributed by atoms with Crippen molar-refractivity contribution in [3.05, 3.63) is 42.0 Å². The van der Waals surface area contributed by atoms with Gasteiger partial charge in [-0.1, -0.05) is 49.4 Å². The van der Waals surface area contributed by atoms with Gasteiger partial charge in [-0.3, -0.25) is 0 Å². The number of hydrogen-bond donors (Lipinski definition) is 1. The predicted octanol–water partition coefficient (Wildman–Crippen LogP) is 3.00. The molecule has 1 aromatic carbocycles. The largest absolute Gasteiger partial charge is 0.302 e. The Bertz CT molecular complexity index is 269. The minimum absolute atomic E-state index is 0.417. The summed E-state index contributed by atoms with van der Waals surface area (Å²) in [5.74, 6) is 0. The van der Waals surface area contributed by atoms with Gasteiger partial charge < -0.3 is 5.32 Å². The summed E-state index contributed by atoms with van der Waals surface area (Å²) in [5, 5.41) is 3.80. The van der Waals surface area contributed by atoms with Gasteiger partial charge in [0.25, 0.3) is 0 Å². The Morgan fingerprint density at radius 3 is 2.64 bits per heavy atom. The summed E-state index contributed by atoms with van der Waals surface area (Å²) in [6.07, 6.45) is 6.47. The number of rotatable bonds is 5. The van der Waals surface area contributed by atoms with E-state index < -0.39 is 0 Å². The number of benzene rings is 1. The highest BCUT2D eigenvalue weighted by molar-refractivity contribution is 7.99. The summed E-state index contributed by atoms with van der Waals surface area (Å²) in [5.41, 5.74) is 1.25. The second-order valence-corrected chi connectivity index (χ2v) is 3.96. The lowest BCUT2D eigenvalue weighted by Crippen LogP contribution is -2.22. The molecular weight excluding hydrogens is 190 g/mol. The Morgan fingerprint density at radius 2 is 2.07 bits per heavy atom. The molecule has 0 aromatic heterocycles. The number of nitrogens with one attached hydrogen (secondary N) is 1. The van der Waals surface area contributed by atoms with Crippen molar-refractivity contribution < 1.29 is 0 Å². The Kier molecular flexibility index (Phi) is 5.42. The van der Waals surface area contributed by atoms with Crippen LogP contribution in [0.2, 0.25) is 0 Å². The maximum absolute atomic E-state index is 3.38. The van der Waals surface area contributed by atoms with Crippen LogP contribution in [0, 0.1) is 0 Å². The van der Waals surface area contributed by atoms with E-state index in [2.05, 4.69) is 54.9 Å². The van der Waals surface area contributed by atoms with Gasteiger partial charge in [-0.05, 0) is 18.4 Å². The molecule has 0 heterocycles. The molecule has 0 amide bonds. The molecule has 0 aliphatic rings. The Labute approximate surface area is 90.6 Å². The standard InChI is InChI=1S/C12H17NS/c1-3-13-12(14-2)10-9-11-7-5-4-6-8-11/h4-10,12-13H,3H2,1-2H3. The van der Waals surface area contributed by atoms with Crippen LogP contribution in [-0.2, 0) is 0 Å². The molecule has 1 atom stereocenters. The molecule has 0 bridgehead atoms. The average Bonchev–Trinajstić information content (AvgIpc) is 2.25. The third kappa shape index (κ3) is 3.99. The van der Waals surface area contributed by atoms with Gasteiger partial charge in [-0.15, -0.1) is 11.8 Å². The monoisotopic (exact) mass is 207 g/mol. The molecule has 1 N–H and O–H groups in total. The first-order valence-electron chi connectivity index (χ1n) is 4.86. The van der Waals surface area contributed by atoms with Crippen molar-refractivity contribution in [2.45, 2.75) is 12.3 Å². The summed E-state index contributed by atoms with van der Waals surface area (Å²) in [4.78, 5) is 0. The first kappa shape index (κ1) is 11.3. The lowest BCUT2D eigenvalue weighted by Gasteiger charge is -2.09. The molecule has 76 valence electrons. The fraction of sp³-hybridized carbons (Fsp3) is 0.333. The van der Waals surface area contributed by atoms with E-state index in [0.29, 0.717) is 5.37 Å². The molecule has 1 nitrogen and oxygen atoms in total. The molecule has 0 saturated carbocycles. The van der Waals surface area contributed by atoms with E-state index >= 15 is 0 Å². The van der Waals surface area contributed by atoms with Crippen LogP contribution in [0.5, 0.6) is 0 Å². The Hall–Kier alpha value is -0.730. The highest BCUT2D eigenvalue weighted by atomic mass is 32.2. The fourth-order valence-electron chi connectivity index (χ4n) is 1.19. The van der Waals surface area contributed by atoms with E-state index in [1.165, 1.54) is 5.56 Å². The third-order valence-electron chi connectivity index (χ3n) is 1.92. The molecule has 14 heavy (non-hydrogen) atoms. The average molecular weight is 207 g/mol. The zero-order valence-electron chi connectivity index (χ0n) is 8.73. The SMILES string of the molecule is CCNC(C=Cc1ccccc1)SC. The van der Waals surface area contributed by atoms with Gasteiger partial charge in [-0.25, -0.2) is 0 Å². The quantitative estimate of drug-likeness (QED) is 0.745. The summed E-state index contributed by atoms with van der Waals surface area (Å²) in [6.45, 7) is 3.13. The highest BCUT2D eigenvalue weighted by Crippen LogP contribution is 2.08. The van der Waals surface area contributed by atoms with Crippen LogP contribution in [-0.4, -0.2) is 18.2 Å². The van der Waals surface area contributed by atoms with E-state index in [-0.39, 0.29) is 0 Å². The molecule has 1 unspecified atom stereocenters. The van der Waals surface area contributed by atoms with Crippen LogP contribution in [0.1, 0.15) is 12.5 Å². The van der Waals surface area contributed by atoms with Gasteiger partial charge in [0.15, 0.2) is 0 Å². The van der Waals surface area contributed by atoms with Gasteiger partial charge in [0, 0.05) is 0 Å². The third-order valence-corrected chi connectivity index (χ3v) is 2.75. The van der Waals surface area contributed by atoms with Crippen LogP contribution in [0.15, 0.2) is 36.4 Å².